The van der Waals surface area contributed by atoms with E-state index in [4.69, 9.17) is 4.74 Å². The lowest BCUT2D eigenvalue weighted by atomic mass is 10.1. The number of Topliss-reactive ketones (excluding diaryl/α,β-unsaturated/α-hetero) is 1. The number of benzene rings is 1. The molecule has 1 rings (SSSR count). The predicted molar refractivity (Wildman–Crippen MR) is 61.4 cm³/mol. The lowest BCUT2D eigenvalue weighted by Gasteiger charge is -2.04. The Morgan fingerprint density at radius 2 is 2.06 bits per heavy atom. The molecule has 0 heterocycles. The average molecular weight is 220 g/mol. The molecule has 0 saturated carbocycles. The fourth-order valence-electron chi connectivity index (χ4n) is 1.39. The van der Waals surface area contributed by atoms with Crippen LogP contribution in [0.15, 0.2) is 24.3 Å². The van der Waals surface area contributed by atoms with Crippen molar-refractivity contribution in [2.75, 3.05) is 6.61 Å². The summed E-state index contributed by atoms with van der Waals surface area (Å²) in [6, 6.07) is 7.21. The van der Waals surface area contributed by atoms with Crippen molar-refractivity contribution in [2.24, 2.45) is 0 Å². The van der Waals surface area contributed by atoms with Gasteiger partial charge in [0.2, 0.25) is 0 Å². The van der Waals surface area contributed by atoms with Gasteiger partial charge >= 0.3 is 5.97 Å². The average Bonchev–Trinajstić information content (AvgIpc) is 2.27. The minimum atomic E-state index is -0.313. The molecule has 86 valence electrons. The van der Waals surface area contributed by atoms with Crippen LogP contribution in [-0.4, -0.2) is 18.4 Å². The molecule has 0 aromatic heterocycles. The summed E-state index contributed by atoms with van der Waals surface area (Å²) >= 11 is 0. The lowest BCUT2D eigenvalue weighted by Crippen LogP contribution is -2.05. The SMILES string of the molecule is CCOC(=O)c1cccc(CCC(C)=O)c1. The highest BCUT2D eigenvalue weighted by molar-refractivity contribution is 5.89. The number of ether oxygens (including phenoxy) is 1. The van der Waals surface area contributed by atoms with E-state index in [2.05, 4.69) is 0 Å². The number of aryl methyl sites for hydroxylation is 1. The number of carbonyl (C=O) groups excluding carboxylic acids is 2. The Labute approximate surface area is 95.4 Å². The van der Waals surface area contributed by atoms with E-state index >= 15 is 0 Å². The van der Waals surface area contributed by atoms with Crippen molar-refractivity contribution in [3.63, 3.8) is 0 Å². The molecule has 0 aliphatic heterocycles. The summed E-state index contributed by atoms with van der Waals surface area (Å²) in [6.45, 7) is 3.71. The second-order valence-corrected chi connectivity index (χ2v) is 3.62. The third kappa shape index (κ3) is 3.85. The summed E-state index contributed by atoms with van der Waals surface area (Å²) in [4.78, 5) is 22.3. The van der Waals surface area contributed by atoms with Crippen LogP contribution in [-0.2, 0) is 16.0 Å². The minimum Gasteiger partial charge on any atom is -0.462 e. The lowest BCUT2D eigenvalue weighted by molar-refractivity contribution is -0.116. The first-order valence-electron chi connectivity index (χ1n) is 5.39. The van der Waals surface area contributed by atoms with Crippen molar-refractivity contribution < 1.29 is 14.3 Å². The Morgan fingerprint density at radius 1 is 1.31 bits per heavy atom. The first-order chi connectivity index (χ1) is 7.63. The second-order valence-electron chi connectivity index (χ2n) is 3.62. The second kappa shape index (κ2) is 6.05. The summed E-state index contributed by atoms with van der Waals surface area (Å²) in [5, 5.41) is 0. The fraction of sp³-hybridized carbons (Fsp3) is 0.385. The summed E-state index contributed by atoms with van der Waals surface area (Å²) in [6.07, 6.45) is 1.18. The fourth-order valence-corrected chi connectivity index (χ4v) is 1.39. The maximum atomic E-state index is 11.4. The number of esters is 1. The molecule has 0 aliphatic carbocycles. The van der Waals surface area contributed by atoms with E-state index < -0.39 is 0 Å². The van der Waals surface area contributed by atoms with Crippen LogP contribution in [0.25, 0.3) is 0 Å². The van der Waals surface area contributed by atoms with E-state index in [9.17, 15) is 9.59 Å². The maximum Gasteiger partial charge on any atom is 0.338 e. The third-order valence-electron chi connectivity index (χ3n) is 2.20. The number of rotatable bonds is 5. The number of hydrogen-bond acceptors (Lipinski definition) is 3. The van der Waals surface area contributed by atoms with Crippen LogP contribution in [0.4, 0.5) is 0 Å². The van der Waals surface area contributed by atoms with Crippen molar-refractivity contribution in [3.8, 4) is 0 Å². The first-order valence-corrected chi connectivity index (χ1v) is 5.39. The van der Waals surface area contributed by atoms with Crippen LogP contribution in [0.2, 0.25) is 0 Å². The van der Waals surface area contributed by atoms with Gasteiger partial charge in [0.1, 0.15) is 5.78 Å². The standard InChI is InChI=1S/C13H16O3/c1-3-16-13(15)12-6-4-5-11(9-12)8-7-10(2)14/h4-6,9H,3,7-8H2,1-2H3. The van der Waals surface area contributed by atoms with Gasteiger partial charge < -0.3 is 9.53 Å². The Balaban J connectivity index is 2.70. The van der Waals surface area contributed by atoms with Gasteiger partial charge in [0, 0.05) is 6.42 Å². The molecule has 1 aromatic rings. The molecule has 3 nitrogen and oxygen atoms in total. The third-order valence-corrected chi connectivity index (χ3v) is 2.20. The normalized spacial score (nSPS) is 9.88. The monoisotopic (exact) mass is 220 g/mol. The number of carbonyl (C=O) groups is 2. The predicted octanol–water partition coefficient (Wildman–Crippen LogP) is 2.38. The molecule has 0 amide bonds. The quantitative estimate of drug-likeness (QED) is 0.715. The Hall–Kier alpha value is -1.64. The molecule has 16 heavy (non-hydrogen) atoms. The molecule has 0 radical (unpaired) electrons. The summed E-state index contributed by atoms with van der Waals surface area (Å²) in [5.74, 6) is -0.159. The van der Waals surface area contributed by atoms with E-state index in [1.54, 1.807) is 26.0 Å². The molecule has 0 bridgehead atoms. The zero-order chi connectivity index (χ0) is 12.0. The molecular formula is C13H16O3. The number of hydrogen-bond donors (Lipinski definition) is 0. The molecule has 0 N–H and O–H groups in total. The topological polar surface area (TPSA) is 43.4 Å². The number of ketones is 1. The van der Waals surface area contributed by atoms with E-state index in [0.29, 0.717) is 25.0 Å². The molecule has 0 spiro atoms. The van der Waals surface area contributed by atoms with E-state index in [-0.39, 0.29) is 11.8 Å². The van der Waals surface area contributed by atoms with E-state index in [1.807, 2.05) is 12.1 Å². The van der Waals surface area contributed by atoms with Gasteiger partial charge in [-0.3, -0.25) is 0 Å². The van der Waals surface area contributed by atoms with Crippen LogP contribution in [0.1, 0.15) is 36.2 Å². The molecule has 0 aliphatic rings. The van der Waals surface area contributed by atoms with E-state index in [1.165, 1.54) is 0 Å². The van der Waals surface area contributed by atoms with Gasteiger partial charge in [-0.2, -0.15) is 0 Å². The molecule has 3 heteroatoms. The largest absolute Gasteiger partial charge is 0.462 e. The van der Waals surface area contributed by atoms with Crippen molar-refractivity contribution >= 4 is 11.8 Å². The summed E-state index contributed by atoms with van der Waals surface area (Å²) < 4.78 is 4.90. The van der Waals surface area contributed by atoms with Gasteiger partial charge in [-0.25, -0.2) is 4.79 Å². The van der Waals surface area contributed by atoms with Gasteiger partial charge in [-0.05, 0) is 38.0 Å². The zero-order valence-corrected chi connectivity index (χ0v) is 9.66. The first kappa shape index (κ1) is 12.4. The molecule has 0 fully saturated rings. The van der Waals surface area contributed by atoms with Gasteiger partial charge in [0.25, 0.3) is 0 Å². The van der Waals surface area contributed by atoms with E-state index in [0.717, 1.165) is 5.56 Å². The highest BCUT2D eigenvalue weighted by Crippen LogP contribution is 2.09. The van der Waals surface area contributed by atoms with Crippen LogP contribution >= 0.6 is 0 Å². The van der Waals surface area contributed by atoms with Crippen LogP contribution in [0.3, 0.4) is 0 Å². The van der Waals surface area contributed by atoms with Crippen LogP contribution in [0, 0.1) is 0 Å². The Bertz CT molecular complexity index is 383. The molecule has 0 unspecified atom stereocenters. The molecular weight excluding hydrogens is 204 g/mol. The molecule has 1 aromatic carbocycles. The van der Waals surface area contributed by atoms with Crippen molar-refractivity contribution in [3.05, 3.63) is 35.4 Å². The summed E-state index contributed by atoms with van der Waals surface area (Å²) in [5.41, 5.74) is 1.53. The Morgan fingerprint density at radius 3 is 2.69 bits per heavy atom. The van der Waals surface area contributed by atoms with Gasteiger partial charge in [-0.1, -0.05) is 12.1 Å². The van der Waals surface area contributed by atoms with Gasteiger partial charge in [0.05, 0.1) is 12.2 Å². The molecule has 0 atom stereocenters. The smallest absolute Gasteiger partial charge is 0.338 e. The van der Waals surface area contributed by atoms with Crippen molar-refractivity contribution in [1.82, 2.24) is 0 Å². The highest BCUT2D eigenvalue weighted by atomic mass is 16.5. The van der Waals surface area contributed by atoms with Gasteiger partial charge in [0.15, 0.2) is 0 Å². The summed E-state index contributed by atoms with van der Waals surface area (Å²) in [7, 11) is 0. The van der Waals surface area contributed by atoms with Gasteiger partial charge in [-0.15, -0.1) is 0 Å². The minimum absolute atomic E-state index is 0.154. The van der Waals surface area contributed by atoms with Crippen molar-refractivity contribution in [1.29, 1.82) is 0 Å². The highest BCUT2D eigenvalue weighted by Gasteiger charge is 2.06. The van der Waals surface area contributed by atoms with Crippen molar-refractivity contribution in [2.45, 2.75) is 26.7 Å². The zero-order valence-electron chi connectivity index (χ0n) is 9.66. The van der Waals surface area contributed by atoms with Crippen LogP contribution < -0.4 is 0 Å². The Kier molecular flexibility index (Phi) is 4.70. The van der Waals surface area contributed by atoms with Crippen LogP contribution in [0.5, 0.6) is 0 Å². The molecule has 0 saturated heterocycles. The maximum absolute atomic E-state index is 11.4.